The number of aliphatic hydroxyl groups is 1. The molecule has 4 fully saturated rings. The van der Waals surface area contributed by atoms with Crippen molar-refractivity contribution in [3.63, 3.8) is 0 Å². The summed E-state index contributed by atoms with van der Waals surface area (Å²) < 4.78 is 10.5. The van der Waals surface area contributed by atoms with Crippen LogP contribution in [0.4, 0.5) is 0 Å². The first-order valence-corrected chi connectivity index (χ1v) is 5.61. The molecule has 0 radical (unpaired) electrons. The molecule has 1 heterocycles. The van der Waals surface area contributed by atoms with Crippen molar-refractivity contribution in [3.8, 4) is 0 Å². The zero-order valence-corrected chi connectivity index (χ0v) is 8.76. The van der Waals surface area contributed by atoms with E-state index in [0.717, 1.165) is 12.8 Å². The van der Waals surface area contributed by atoms with E-state index < -0.39 is 6.10 Å². The van der Waals surface area contributed by atoms with Gasteiger partial charge in [0.25, 0.3) is 0 Å². The highest BCUT2D eigenvalue weighted by molar-refractivity contribution is 5.75. The van der Waals surface area contributed by atoms with Crippen LogP contribution in [0, 0.1) is 23.7 Å². The van der Waals surface area contributed by atoms with Crippen LogP contribution in [-0.2, 0) is 14.3 Å². The maximum atomic E-state index is 11.6. The Balaban J connectivity index is 1.94. The number of rotatable bonds is 1. The number of carbonyl (C=O) groups excluding carboxylic acids is 1. The van der Waals surface area contributed by atoms with E-state index >= 15 is 0 Å². The Bertz CT molecular complexity index is 290. The van der Waals surface area contributed by atoms with Crippen LogP contribution in [0.25, 0.3) is 0 Å². The van der Waals surface area contributed by atoms with E-state index in [1.807, 2.05) is 0 Å². The minimum atomic E-state index is -0.486. The van der Waals surface area contributed by atoms with Crippen LogP contribution in [0.3, 0.4) is 0 Å². The smallest absolute Gasteiger partial charge is 0.309 e. The molecule has 4 rings (SSSR count). The van der Waals surface area contributed by atoms with Crippen LogP contribution in [0.15, 0.2) is 0 Å². The second kappa shape index (κ2) is 3.19. The second-order valence-electron chi connectivity index (χ2n) is 4.92. The minimum absolute atomic E-state index is 0.0555. The monoisotopic (exact) mass is 212 g/mol. The average Bonchev–Trinajstić information content (AvgIpc) is 2.63. The lowest BCUT2D eigenvalue weighted by molar-refractivity contribution is -0.171. The first-order valence-electron chi connectivity index (χ1n) is 5.61. The Hall–Kier alpha value is -0.610. The van der Waals surface area contributed by atoms with Gasteiger partial charge in [0, 0.05) is 18.9 Å². The summed E-state index contributed by atoms with van der Waals surface area (Å²) in [5, 5.41) is 10.1. The summed E-state index contributed by atoms with van der Waals surface area (Å²) in [6.07, 6.45) is 1.40. The molecule has 4 aliphatic rings. The van der Waals surface area contributed by atoms with Crippen LogP contribution in [0.1, 0.15) is 12.8 Å². The predicted octanol–water partition coefficient (Wildman–Crippen LogP) is 0.191. The van der Waals surface area contributed by atoms with E-state index in [1.54, 1.807) is 7.11 Å². The number of methoxy groups -OCH3 is 1. The highest BCUT2D eigenvalue weighted by atomic mass is 16.5. The maximum absolute atomic E-state index is 11.6. The van der Waals surface area contributed by atoms with Gasteiger partial charge in [-0.25, -0.2) is 0 Å². The van der Waals surface area contributed by atoms with Gasteiger partial charge in [0.1, 0.15) is 0 Å². The van der Waals surface area contributed by atoms with Gasteiger partial charge < -0.3 is 14.6 Å². The third-order valence-electron chi connectivity index (χ3n) is 4.47. The van der Waals surface area contributed by atoms with E-state index in [-0.39, 0.29) is 29.8 Å². The van der Waals surface area contributed by atoms with Crippen molar-refractivity contribution in [2.75, 3.05) is 13.7 Å². The molecule has 0 aromatic heterocycles. The van der Waals surface area contributed by atoms with E-state index in [1.165, 1.54) is 0 Å². The first-order chi connectivity index (χ1) is 7.24. The number of hydrogen-bond acceptors (Lipinski definition) is 4. The molecule has 4 heteroatoms. The maximum Gasteiger partial charge on any atom is 0.309 e. The minimum Gasteiger partial charge on any atom is -0.465 e. The average molecular weight is 212 g/mol. The van der Waals surface area contributed by atoms with Crippen molar-refractivity contribution in [1.29, 1.82) is 0 Å². The summed E-state index contributed by atoms with van der Waals surface area (Å²) in [7, 11) is 1.64. The molecule has 0 spiro atoms. The van der Waals surface area contributed by atoms with Crippen molar-refractivity contribution in [2.45, 2.75) is 25.0 Å². The zero-order chi connectivity index (χ0) is 10.6. The lowest BCUT2D eigenvalue weighted by atomic mass is 9.57. The van der Waals surface area contributed by atoms with Gasteiger partial charge in [0.15, 0.2) is 0 Å². The second-order valence-corrected chi connectivity index (χ2v) is 4.92. The highest BCUT2D eigenvalue weighted by Crippen LogP contribution is 2.52. The fraction of sp³-hybridized carbons (Fsp3) is 0.909. The number of esters is 1. The summed E-state index contributed by atoms with van der Waals surface area (Å²) in [6.45, 7) is 0.525. The highest BCUT2D eigenvalue weighted by Gasteiger charge is 2.59. The molecule has 1 N–H and O–H groups in total. The molecule has 3 saturated carbocycles. The molecule has 4 nitrogen and oxygen atoms in total. The number of fused-ring (bicyclic) bond motifs is 2. The Morgan fingerprint density at radius 3 is 2.80 bits per heavy atom. The van der Waals surface area contributed by atoms with E-state index in [9.17, 15) is 9.90 Å². The van der Waals surface area contributed by atoms with Crippen molar-refractivity contribution in [2.24, 2.45) is 23.7 Å². The molecule has 0 amide bonds. The normalized spacial score (nSPS) is 52.8. The van der Waals surface area contributed by atoms with Crippen LogP contribution < -0.4 is 0 Å². The summed E-state index contributed by atoms with van der Waals surface area (Å²) in [5.74, 6) is 0.462. The van der Waals surface area contributed by atoms with Gasteiger partial charge >= 0.3 is 5.97 Å². The Labute approximate surface area is 88.6 Å². The van der Waals surface area contributed by atoms with Crippen LogP contribution >= 0.6 is 0 Å². The van der Waals surface area contributed by atoms with Crippen LogP contribution in [-0.4, -0.2) is 37.0 Å². The topological polar surface area (TPSA) is 55.8 Å². The number of aliphatic hydroxyl groups excluding tert-OH is 1. The van der Waals surface area contributed by atoms with E-state index in [2.05, 4.69) is 0 Å². The molecule has 6 atom stereocenters. The molecule has 3 aliphatic carbocycles. The molecule has 0 aromatic carbocycles. The number of carbonyl (C=O) groups is 1. The third kappa shape index (κ3) is 1.12. The number of cyclic esters (lactones) is 1. The van der Waals surface area contributed by atoms with Gasteiger partial charge in [-0.05, 0) is 18.8 Å². The van der Waals surface area contributed by atoms with Crippen molar-refractivity contribution in [3.05, 3.63) is 0 Å². The summed E-state index contributed by atoms with van der Waals surface area (Å²) in [4.78, 5) is 11.6. The predicted molar refractivity (Wildman–Crippen MR) is 51.0 cm³/mol. The fourth-order valence-corrected chi connectivity index (χ4v) is 3.82. The van der Waals surface area contributed by atoms with Gasteiger partial charge in [-0.15, -0.1) is 0 Å². The van der Waals surface area contributed by atoms with Gasteiger partial charge in [-0.1, -0.05) is 0 Å². The third-order valence-corrected chi connectivity index (χ3v) is 4.47. The van der Waals surface area contributed by atoms with Crippen LogP contribution in [0.5, 0.6) is 0 Å². The number of ether oxygens (including phenoxy) is 2. The van der Waals surface area contributed by atoms with Crippen molar-refractivity contribution >= 4 is 5.97 Å². The zero-order valence-electron chi connectivity index (χ0n) is 8.76. The first kappa shape index (κ1) is 9.60. The molecule has 6 unspecified atom stereocenters. The molecular formula is C11H16O4. The Kier molecular flexibility index (Phi) is 2.04. The molecule has 0 aromatic rings. The lowest BCUT2D eigenvalue weighted by Gasteiger charge is -2.50. The SMILES string of the molecule is COC1C(O)C2CCC1C1COC(=O)C21. The summed E-state index contributed by atoms with van der Waals surface area (Å²) >= 11 is 0. The fourth-order valence-electron chi connectivity index (χ4n) is 3.82. The van der Waals surface area contributed by atoms with Crippen molar-refractivity contribution in [1.82, 2.24) is 0 Å². The van der Waals surface area contributed by atoms with Gasteiger partial charge in [0.05, 0.1) is 24.7 Å². The standard InChI is InChI=1S/C11H16O4/c1-14-10-5-2-3-6(9(10)12)8-7(5)4-15-11(8)13/h5-10,12H,2-4H2,1H3. The molecule has 84 valence electrons. The quantitative estimate of drug-likeness (QED) is 0.630. The Morgan fingerprint density at radius 2 is 2.07 bits per heavy atom. The summed E-state index contributed by atoms with van der Waals surface area (Å²) in [5.41, 5.74) is 0. The molecule has 15 heavy (non-hydrogen) atoms. The van der Waals surface area contributed by atoms with Gasteiger partial charge in [0.2, 0.25) is 0 Å². The van der Waals surface area contributed by atoms with Gasteiger partial charge in [-0.2, -0.15) is 0 Å². The Morgan fingerprint density at radius 1 is 1.33 bits per heavy atom. The van der Waals surface area contributed by atoms with E-state index in [4.69, 9.17) is 9.47 Å². The van der Waals surface area contributed by atoms with Crippen LogP contribution in [0.2, 0.25) is 0 Å². The lowest BCUT2D eigenvalue weighted by Crippen LogP contribution is -2.57. The van der Waals surface area contributed by atoms with Gasteiger partial charge in [-0.3, -0.25) is 4.79 Å². The molecule has 2 bridgehead atoms. The molecule has 1 aliphatic heterocycles. The van der Waals surface area contributed by atoms with Crippen molar-refractivity contribution < 1.29 is 19.4 Å². The largest absolute Gasteiger partial charge is 0.465 e. The number of hydrogen-bond donors (Lipinski definition) is 1. The molecular weight excluding hydrogens is 196 g/mol. The van der Waals surface area contributed by atoms with E-state index in [0.29, 0.717) is 12.5 Å². The molecule has 1 saturated heterocycles. The summed E-state index contributed by atoms with van der Waals surface area (Å²) in [6, 6.07) is 0.